The monoisotopic (exact) mass is 637 g/mol. The SMILES string of the molecule is Cc1cccc(C(C(=O)NC(Cc2ccccc2)C(=O)OC(C)(C)C)N(C(=O)C(NC(=O)OC(C)(C)C)C(C)C)C(C)(C)C)c1C. The van der Waals surface area contributed by atoms with E-state index in [-0.39, 0.29) is 12.3 Å². The van der Waals surface area contributed by atoms with Crippen LogP contribution in [0.4, 0.5) is 4.79 Å². The van der Waals surface area contributed by atoms with E-state index in [4.69, 9.17) is 9.47 Å². The van der Waals surface area contributed by atoms with Gasteiger partial charge in [-0.25, -0.2) is 9.59 Å². The molecule has 0 aromatic heterocycles. The lowest BCUT2D eigenvalue weighted by atomic mass is 9.90. The van der Waals surface area contributed by atoms with Crippen molar-refractivity contribution < 1.29 is 28.7 Å². The van der Waals surface area contributed by atoms with Crippen LogP contribution in [0.2, 0.25) is 0 Å². The van der Waals surface area contributed by atoms with E-state index in [2.05, 4.69) is 10.6 Å². The van der Waals surface area contributed by atoms with Crippen molar-refractivity contribution in [3.05, 3.63) is 70.8 Å². The lowest BCUT2D eigenvalue weighted by molar-refractivity contribution is -0.159. The van der Waals surface area contributed by atoms with Crippen LogP contribution in [0.15, 0.2) is 48.5 Å². The average Bonchev–Trinajstić information content (AvgIpc) is 2.89. The van der Waals surface area contributed by atoms with Crippen LogP contribution in [-0.4, -0.2) is 57.6 Å². The standard InChI is InChI=1S/C37H55N3O6/c1-23(2)29(39-34(44)46-37(11,12)13)32(42)40(35(5,6)7)30(27-21-17-18-24(3)25(27)4)31(41)38-28(33(43)45-36(8,9)10)22-26-19-15-14-16-20-26/h14-21,23,28-30H,22H2,1-13H3,(H,38,41)(H,39,44). The lowest BCUT2D eigenvalue weighted by Crippen LogP contribution is -2.60. The predicted octanol–water partition coefficient (Wildman–Crippen LogP) is 6.59. The van der Waals surface area contributed by atoms with Gasteiger partial charge < -0.3 is 25.0 Å². The minimum Gasteiger partial charge on any atom is -0.458 e. The van der Waals surface area contributed by atoms with E-state index in [1.165, 1.54) is 4.90 Å². The molecule has 0 spiro atoms. The summed E-state index contributed by atoms with van der Waals surface area (Å²) in [5, 5.41) is 5.72. The number of nitrogens with one attached hydrogen (secondary N) is 2. The molecule has 2 rings (SSSR count). The molecule has 3 amide bonds. The van der Waals surface area contributed by atoms with Crippen molar-refractivity contribution in [2.45, 2.75) is 131 Å². The second-order valence-corrected chi connectivity index (χ2v) is 15.2. The first kappa shape index (κ1) is 38.3. The summed E-state index contributed by atoms with van der Waals surface area (Å²) < 4.78 is 11.2. The molecule has 9 nitrogen and oxygen atoms in total. The molecule has 2 aromatic carbocycles. The van der Waals surface area contributed by atoms with Crippen molar-refractivity contribution in [2.24, 2.45) is 5.92 Å². The number of esters is 1. The van der Waals surface area contributed by atoms with Crippen LogP contribution in [0.5, 0.6) is 0 Å². The Bertz CT molecular complexity index is 1370. The maximum Gasteiger partial charge on any atom is 0.408 e. The maximum absolute atomic E-state index is 14.6. The van der Waals surface area contributed by atoms with Crippen LogP contribution in [0.25, 0.3) is 0 Å². The summed E-state index contributed by atoms with van der Waals surface area (Å²) in [4.78, 5) is 57.2. The molecule has 0 aliphatic heterocycles. The van der Waals surface area contributed by atoms with Gasteiger partial charge in [-0.1, -0.05) is 62.4 Å². The first-order valence-corrected chi connectivity index (χ1v) is 16.0. The predicted molar refractivity (Wildman–Crippen MR) is 181 cm³/mol. The smallest absolute Gasteiger partial charge is 0.408 e. The highest BCUT2D eigenvalue weighted by Gasteiger charge is 2.44. The van der Waals surface area contributed by atoms with Gasteiger partial charge in [-0.15, -0.1) is 0 Å². The quantitative estimate of drug-likeness (QED) is 0.284. The summed E-state index contributed by atoms with van der Waals surface area (Å²) in [6.07, 6.45) is -0.534. The highest BCUT2D eigenvalue weighted by molar-refractivity contribution is 5.94. The Kier molecular flexibility index (Phi) is 12.6. The zero-order valence-electron chi connectivity index (χ0n) is 30.0. The molecular weight excluding hydrogens is 582 g/mol. The van der Waals surface area contributed by atoms with E-state index in [9.17, 15) is 19.2 Å². The van der Waals surface area contributed by atoms with Gasteiger partial charge in [0.25, 0.3) is 0 Å². The second kappa shape index (κ2) is 15.1. The molecule has 0 saturated carbocycles. The van der Waals surface area contributed by atoms with Gasteiger partial charge in [0.15, 0.2) is 0 Å². The van der Waals surface area contributed by atoms with Gasteiger partial charge in [0.2, 0.25) is 11.8 Å². The number of hydrogen-bond acceptors (Lipinski definition) is 6. The van der Waals surface area contributed by atoms with E-state index in [0.29, 0.717) is 5.56 Å². The molecule has 0 fully saturated rings. The zero-order valence-corrected chi connectivity index (χ0v) is 30.0. The van der Waals surface area contributed by atoms with Crippen molar-refractivity contribution in [1.82, 2.24) is 15.5 Å². The van der Waals surface area contributed by atoms with Gasteiger partial charge in [-0.05, 0) is 104 Å². The number of carbonyl (C=O) groups excluding carboxylic acids is 4. The van der Waals surface area contributed by atoms with Crippen LogP contribution in [0.1, 0.15) is 104 Å². The number of nitrogens with zero attached hydrogens (tertiary/aromatic N) is 1. The molecule has 3 unspecified atom stereocenters. The summed E-state index contributed by atoms with van der Waals surface area (Å²) in [5.74, 6) is -1.90. The molecule has 46 heavy (non-hydrogen) atoms. The molecule has 9 heteroatoms. The first-order valence-electron chi connectivity index (χ1n) is 16.0. The molecular formula is C37H55N3O6. The Hall–Kier alpha value is -3.88. The molecule has 0 heterocycles. The largest absolute Gasteiger partial charge is 0.458 e. The number of amides is 3. The van der Waals surface area contributed by atoms with Crippen molar-refractivity contribution in [3.8, 4) is 0 Å². The van der Waals surface area contributed by atoms with Crippen LogP contribution in [-0.2, 0) is 30.3 Å². The molecule has 2 N–H and O–H groups in total. The van der Waals surface area contributed by atoms with E-state index in [1.807, 2.05) is 97.0 Å². The van der Waals surface area contributed by atoms with Crippen LogP contribution < -0.4 is 10.6 Å². The molecule has 2 aromatic rings. The Morgan fingerprint density at radius 3 is 1.83 bits per heavy atom. The Morgan fingerprint density at radius 2 is 1.33 bits per heavy atom. The normalized spacial score (nSPS) is 14.1. The van der Waals surface area contributed by atoms with Gasteiger partial charge in [0.05, 0.1) is 0 Å². The van der Waals surface area contributed by atoms with Gasteiger partial charge in [0, 0.05) is 12.0 Å². The third kappa shape index (κ3) is 11.2. The molecule has 254 valence electrons. The molecule has 0 bridgehead atoms. The molecule has 0 saturated heterocycles. The number of rotatable bonds is 10. The number of carbonyl (C=O) groups is 4. The Labute approximate surface area is 275 Å². The molecule has 3 atom stereocenters. The van der Waals surface area contributed by atoms with Crippen LogP contribution in [0.3, 0.4) is 0 Å². The molecule has 0 radical (unpaired) electrons. The Morgan fingerprint density at radius 1 is 0.761 bits per heavy atom. The third-order valence-electron chi connectivity index (χ3n) is 7.30. The van der Waals surface area contributed by atoms with Crippen molar-refractivity contribution >= 4 is 23.9 Å². The fourth-order valence-electron chi connectivity index (χ4n) is 5.08. The maximum atomic E-state index is 14.6. The summed E-state index contributed by atoms with van der Waals surface area (Å²) in [6.45, 7) is 23.6. The summed E-state index contributed by atoms with van der Waals surface area (Å²) in [6, 6.07) is 11.8. The van der Waals surface area contributed by atoms with Crippen LogP contribution in [0, 0.1) is 19.8 Å². The van der Waals surface area contributed by atoms with Gasteiger partial charge in [-0.2, -0.15) is 0 Å². The van der Waals surface area contributed by atoms with Gasteiger partial charge >= 0.3 is 12.1 Å². The lowest BCUT2D eigenvalue weighted by Gasteiger charge is -2.44. The minimum absolute atomic E-state index is 0.194. The Balaban J connectivity index is 2.70. The number of hydrogen-bond donors (Lipinski definition) is 2. The second-order valence-electron chi connectivity index (χ2n) is 15.2. The third-order valence-corrected chi connectivity index (χ3v) is 7.30. The first-order chi connectivity index (χ1) is 21.0. The highest BCUT2D eigenvalue weighted by atomic mass is 16.6. The van der Waals surface area contributed by atoms with Crippen LogP contribution >= 0.6 is 0 Å². The summed E-state index contributed by atoms with van der Waals surface area (Å²) >= 11 is 0. The number of aryl methyl sites for hydroxylation is 1. The van der Waals surface area contributed by atoms with E-state index in [1.54, 1.807) is 41.5 Å². The van der Waals surface area contributed by atoms with Crippen molar-refractivity contribution in [1.29, 1.82) is 0 Å². The number of ether oxygens (including phenoxy) is 2. The fourth-order valence-corrected chi connectivity index (χ4v) is 5.08. The molecule has 0 aliphatic carbocycles. The fraction of sp³-hybridized carbons (Fsp3) is 0.568. The van der Waals surface area contributed by atoms with Gasteiger partial charge in [-0.3, -0.25) is 9.59 Å². The van der Waals surface area contributed by atoms with E-state index >= 15 is 0 Å². The zero-order chi connectivity index (χ0) is 35.2. The van der Waals surface area contributed by atoms with Gasteiger partial charge in [0.1, 0.15) is 29.3 Å². The molecule has 0 aliphatic rings. The average molecular weight is 638 g/mol. The number of alkyl carbamates (subject to hydrolysis) is 1. The van der Waals surface area contributed by atoms with E-state index < -0.39 is 58.7 Å². The van der Waals surface area contributed by atoms with Crippen molar-refractivity contribution in [2.75, 3.05) is 0 Å². The summed E-state index contributed by atoms with van der Waals surface area (Å²) in [7, 11) is 0. The summed E-state index contributed by atoms with van der Waals surface area (Å²) in [5.41, 5.74) is 0.789. The minimum atomic E-state index is -1.14. The highest BCUT2D eigenvalue weighted by Crippen LogP contribution is 2.33. The number of benzene rings is 2. The topological polar surface area (TPSA) is 114 Å². The van der Waals surface area contributed by atoms with E-state index in [0.717, 1.165) is 16.7 Å². The van der Waals surface area contributed by atoms with Crippen molar-refractivity contribution in [3.63, 3.8) is 0 Å².